The maximum absolute atomic E-state index is 13.1. The average molecular weight is 413 g/mol. The van der Waals surface area contributed by atoms with Gasteiger partial charge in [0, 0.05) is 36.6 Å². The first-order valence-electron chi connectivity index (χ1n) is 9.70. The maximum atomic E-state index is 13.1. The molecular weight excluding hydrogens is 388 g/mol. The number of carbonyl (C=O) groups is 2. The van der Waals surface area contributed by atoms with Crippen molar-refractivity contribution < 1.29 is 19.1 Å². The maximum Gasteiger partial charge on any atom is 0.231 e. The van der Waals surface area contributed by atoms with Gasteiger partial charge in [-0.25, -0.2) is 0 Å². The molecule has 7 heteroatoms. The predicted molar refractivity (Wildman–Crippen MR) is 112 cm³/mol. The summed E-state index contributed by atoms with van der Waals surface area (Å²) in [5.74, 6) is 1.13. The van der Waals surface area contributed by atoms with Gasteiger partial charge < -0.3 is 19.3 Å². The van der Waals surface area contributed by atoms with Crippen molar-refractivity contribution in [2.45, 2.75) is 24.8 Å². The molecule has 0 radical (unpaired) electrons. The molecule has 1 atom stereocenters. The van der Waals surface area contributed by atoms with E-state index >= 15 is 0 Å². The van der Waals surface area contributed by atoms with Crippen LogP contribution >= 0.6 is 11.8 Å². The van der Waals surface area contributed by atoms with E-state index < -0.39 is 0 Å². The van der Waals surface area contributed by atoms with Crippen LogP contribution in [0, 0.1) is 5.92 Å². The third-order valence-electron chi connectivity index (χ3n) is 5.36. The number of amides is 2. The van der Waals surface area contributed by atoms with Crippen LogP contribution in [0.3, 0.4) is 0 Å². The van der Waals surface area contributed by atoms with Crippen LogP contribution < -0.4 is 14.4 Å². The lowest BCUT2D eigenvalue weighted by atomic mass is 10.1. The van der Waals surface area contributed by atoms with E-state index in [4.69, 9.17) is 9.47 Å². The van der Waals surface area contributed by atoms with Crippen molar-refractivity contribution in [1.82, 2.24) is 4.90 Å². The standard InChI is InChI=1S/C22H24N2O4S/c1-3-23(12-15-4-9-19-20(10-15)28-14-27-19)22(26)16-11-21(25)24(13-16)17-5-7-18(29-2)8-6-17/h4-10,16H,3,11-14H2,1-2H3. The minimum atomic E-state index is -0.323. The average Bonchev–Trinajstić information content (AvgIpc) is 3.37. The van der Waals surface area contributed by atoms with Crippen molar-refractivity contribution in [3.05, 3.63) is 48.0 Å². The summed E-state index contributed by atoms with van der Waals surface area (Å²) in [6, 6.07) is 13.6. The Labute approximate surface area is 174 Å². The summed E-state index contributed by atoms with van der Waals surface area (Å²) in [7, 11) is 0. The summed E-state index contributed by atoms with van der Waals surface area (Å²) in [5.41, 5.74) is 1.83. The van der Waals surface area contributed by atoms with Crippen LogP contribution in [-0.4, -0.2) is 42.9 Å². The van der Waals surface area contributed by atoms with E-state index in [1.54, 1.807) is 21.6 Å². The van der Waals surface area contributed by atoms with Gasteiger partial charge in [-0.05, 0) is 55.1 Å². The monoisotopic (exact) mass is 412 g/mol. The Kier molecular flexibility index (Phi) is 5.67. The minimum absolute atomic E-state index is 0.000570. The highest BCUT2D eigenvalue weighted by Crippen LogP contribution is 2.33. The van der Waals surface area contributed by atoms with Gasteiger partial charge in [-0.3, -0.25) is 9.59 Å². The largest absolute Gasteiger partial charge is 0.454 e. The molecule has 29 heavy (non-hydrogen) atoms. The number of benzene rings is 2. The van der Waals surface area contributed by atoms with Gasteiger partial charge in [-0.15, -0.1) is 11.8 Å². The van der Waals surface area contributed by atoms with Gasteiger partial charge >= 0.3 is 0 Å². The molecule has 2 aromatic rings. The van der Waals surface area contributed by atoms with E-state index in [9.17, 15) is 9.59 Å². The van der Waals surface area contributed by atoms with Gasteiger partial charge in [0.1, 0.15) is 0 Å². The van der Waals surface area contributed by atoms with E-state index in [1.807, 2.05) is 55.6 Å². The number of rotatable bonds is 6. The molecule has 0 saturated carbocycles. The number of nitrogens with zero attached hydrogens (tertiary/aromatic N) is 2. The molecule has 2 heterocycles. The molecule has 2 amide bonds. The third-order valence-corrected chi connectivity index (χ3v) is 6.11. The van der Waals surface area contributed by atoms with E-state index in [0.717, 1.165) is 21.9 Å². The smallest absolute Gasteiger partial charge is 0.231 e. The number of hydrogen-bond acceptors (Lipinski definition) is 5. The highest BCUT2D eigenvalue weighted by molar-refractivity contribution is 7.98. The molecule has 4 rings (SSSR count). The first-order chi connectivity index (χ1) is 14.1. The normalized spacial score (nSPS) is 17.7. The first kappa shape index (κ1) is 19.6. The highest BCUT2D eigenvalue weighted by atomic mass is 32.2. The fourth-order valence-corrected chi connectivity index (χ4v) is 4.16. The molecule has 0 bridgehead atoms. The summed E-state index contributed by atoms with van der Waals surface area (Å²) in [6.07, 6.45) is 2.27. The number of anilines is 1. The SMILES string of the molecule is CCN(Cc1ccc2c(c1)OCO2)C(=O)C1CC(=O)N(c2ccc(SC)cc2)C1. The second-order valence-corrected chi connectivity index (χ2v) is 8.02. The second-order valence-electron chi connectivity index (χ2n) is 7.14. The Morgan fingerprint density at radius 2 is 1.93 bits per heavy atom. The Bertz CT molecular complexity index is 916. The molecule has 0 spiro atoms. The number of hydrogen-bond donors (Lipinski definition) is 0. The zero-order valence-corrected chi connectivity index (χ0v) is 17.4. The molecule has 0 aromatic heterocycles. The zero-order chi connectivity index (χ0) is 20.4. The fourth-order valence-electron chi connectivity index (χ4n) is 3.75. The summed E-state index contributed by atoms with van der Waals surface area (Å²) in [5, 5.41) is 0. The summed E-state index contributed by atoms with van der Waals surface area (Å²) < 4.78 is 10.8. The fraction of sp³-hybridized carbons (Fsp3) is 0.364. The predicted octanol–water partition coefficient (Wildman–Crippen LogP) is 3.54. The van der Waals surface area contributed by atoms with Gasteiger partial charge in [0.05, 0.1) is 5.92 Å². The summed E-state index contributed by atoms with van der Waals surface area (Å²) >= 11 is 1.66. The van der Waals surface area contributed by atoms with Crippen molar-refractivity contribution in [2.75, 3.05) is 31.0 Å². The topological polar surface area (TPSA) is 59.1 Å². The van der Waals surface area contributed by atoms with Crippen molar-refractivity contribution >= 4 is 29.3 Å². The molecular formula is C22H24N2O4S. The highest BCUT2D eigenvalue weighted by Gasteiger charge is 2.37. The summed E-state index contributed by atoms with van der Waals surface area (Å²) in [6.45, 7) is 3.68. The molecule has 2 aromatic carbocycles. The molecule has 0 aliphatic carbocycles. The number of fused-ring (bicyclic) bond motifs is 1. The quantitative estimate of drug-likeness (QED) is 0.680. The van der Waals surface area contributed by atoms with Crippen LogP contribution in [0.5, 0.6) is 11.5 Å². The van der Waals surface area contributed by atoms with Gasteiger partial charge in [-0.1, -0.05) is 6.07 Å². The summed E-state index contributed by atoms with van der Waals surface area (Å²) in [4.78, 5) is 30.4. The molecule has 6 nitrogen and oxygen atoms in total. The van der Waals surface area contributed by atoms with Crippen molar-refractivity contribution in [3.63, 3.8) is 0 Å². The Morgan fingerprint density at radius 1 is 1.17 bits per heavy atom. The lowest BCUT2D eigenvalue weighted by Gasteiger charge is -2.24. The second kappa shape index (κ2) is 8.37. The number of thioether (sulfide) groups is 1. The van der Waals surface area contributed by atoms with Crippen molar-refractivity contribution in [3.8, 4) is 11.5 Å². The van der Waals surface area contributed by atoms with Gasteiger partial charge in [-0.2, -0.15) is 0 Å². The van der Waals surface area contributed by atoms with Crippen LogP contribution in [0.4, 0.5) is 5.69 Å². The Morgan fingerprint density at radius 3 is 2.66 bits per heavy atom. The lowest BCUT2D eigenvalue weighted by Crippen LogP contribution is -2.37. The minimum Gasteiger partial charge on any atom is -0.454 e. The third kappa shape index (κ3) is 4.05. The Hall–Kier alpha value is -2.67. The molecule has 152 valence electrons. The number of ether oxygens (including phenoxy) is 2. The van der Waals surface area contributed by atoms with Crippen molar-refractivity contribution in [2.24, 2.45) is 5.92 Å². The van der Waals surface area contributed by atoms with Gasteiger partial charge in [0.25, 0.3) is 0 Å². The molecule has 1 unspecified atom stereocenters. The van der Waals surface area contributed by atoms with E-state index in [0.29, 0.717) is 25.4 Å². The van der Waals surface area contributed by atoms with Crippen LogP contribution in [0.15, 0.2) is 47.4 Å². The van der Waals surface area contributed by atoms with Gasteiger partial charge in [0.2, 0.25) is 18.6 Å². The molecule has 1 saturated heterocycles. The van der Waals surface area contributed by atoms with Gasteiger partial charge in [0.15, 0.2) is 11.5 Å². The van der Waals surface area contributed by atoms with Crippen LogP contribution in [0.2, 0.25) is 0 Å². The van der Waals surface area contributed by atoms with E-state index in [-0.39, 0.29) is 30.9 Å². The van der Waals surface area contributed by atoms with Crippen LogP contribution in [0.1, 0.15) is 18.9 Å². The first-order valence-corrected chi connectivity index (χ1v) is 10.9. The lowest BCUT2D eigenvalue weighted by molar-refractivity contribution is -0.136. The van der Waals surface area contributed by atoms with E-state index in [2.05, 4.69) is 0 Å². The van der Waals surface area contributed by atoms with Crippen LogP contribution in [-0.2, 0) is 16.1 Å². The molecule has 1 fully saturated rings. The van der Waals surface area contributed by atoms with E-state index in [1.165, 1.54) is 0 Å². The molecule has 0 N–H and O–H groups in total. The Balaban J connectivity index is 1.44. The van der Waals surface area contributed by atoms with Crippen molar-refractivity contribution in [1.29, 1.82) is 0 Å². The number of carbonyl (C=O) groups excluding carboxylic acids is 2. The van der Waals surface area contributed by atoms with Crippen LogP contribution in [0.25, 0.3) is 0 Å². The molecule has 2 aliphatic heterocycles. The molecule has 2 aliphatic rings. The zero-order valence-electron chi connectivity index (χ0n) is 16.6.